The minimum Gasteiger partial charge on any atom is -0.422 e. The van der Waals surface area contributed by atoms with Crippen molar-refractivity contribution < 1.29 is 17.3 Å². The highest BCUT2D eigenvalue weighted by atomic mass is 79.9. The molecule has 9 heteroatoms. The van der Waals surface area contributed by atoms with Crippen LogP contribution in [0.3, 0.4) is 0 Å². The lowest BCUT2D eigenvalue weighted by molar-refractivity contribution is 0.521. The monoisotopic (exact) mass is 510 g/mol. The first kappa shape index (κ1) is 18.1. The van der Waals surface area contributed by atoms with Crippen LogP contribution in [0.25, 0.3) is 21.9 Å². The van der Waals surface area contributed by atoms with Crippen LogP contribution in [0.15, 0.2) is 85.7 Å². The third-order valence-corrected chi connectivity index (χ3v) is 6.62. The third-order valence-electron chi connectivity index (χ3n) is 3.90. The van der Waals surface area contributed by atoms with E-state index in [2.05, 4.69) is 31.9 Å². The number of halogens is 2. The van der Waals surface area contributed by atoms with Gasteiger partial charge in [-0.3, -0.25) is 0 Å². The van der Waals surface area contributed by atoms with Crippen LogP contribution in [0.1, 0.15) is 0 Å². The van der Waals surface area contributed by atoms with Crippen molar-refractivity contribution in [1.82, 2.24) is 0 Å². The SMILES string of the molecule is O=c1oc2ccc(Br)cc2cc1S(=O)(=O)c1cc2cc(Br)ccc2oc1=O. The van der Waals surface area contributed by atoms with Crippen LogP contribution < -0.4 is 11.3 Å². The van der Waals surface area contributed by atoms with Gasteiger partial charge in [0.25, 0.3) is 0 Å². The van der Waals surface area contributed by atoms with E-state index in [0.29, 0.717) is 19.7 Å². The highest BCUT2D eigenvalue weighted by molar-refractivity contribution is 9.10. The summed E-state index contributed by atoms with van der Waals surface area (Å²) in [5.41, 5.74) is -1.65. The Hall–Kier alpha value is -2.23. The van der Waals surface area contributed by atoms with Crippen molar-refractivity contribution in [2.75, 3.05) is 0 Å². The molecule has 0 spiro atoms. The van der Waals surface area contributed by atoms with Gasteiger partial charge in [0, 0.05) is 19.7 Å². The maximum absolute atomic E-state index is 13.0. The van der Waals surface area contributed by atoms with Crippen LogP contribution in [-0.4, -0.2) is 8.42 Å². The molecule has 0 atom stereocenters. The fourth-order valence-electron chi connectivity index (χ4n) is 2.64. The lowest BCUT2D eigenvalue weighted by atomic mass is 10.2. The zero-order valence-electron chi connectivity index (χ0n) is 13.2. The molecule has 2 aromatic carbocycles. The Kier molecular flexibility index (Phi) is 4.32. The normalized spacial score (nSPS) is 11.9. The summed E-state index contributed by atoms with van der Waals surface area (Å²) >= 11 is 6.56. The summed E-state index contributed by atoms with van der Waals surface area (Å²) in [6.07, 6.45) is 0. The average molecular weight is 512 g/mol. The molecule has 0 aliphatic rings. The standard InChI is InChI=1S/C18H8Br2O6S/c19-11-1-3-13-9(5-11)7-15(17(21)25-13)27(23,24)16-8-10-6-12(20)2-4-14(10)26-18(16)22/h1-8H. The molecule has 136 valence electrons. The second-order valence-corrected chi connectivity index (χ2v) is 9.38. The summed E-state index contributed by atoms with van der Waals surface area (Å²) in [7, 11) is -4.45. The summed E-state index contributed by atoms with van der Waals surface area (Å²) in [4.78, 5) is 23.3. The first-order valence-corrected chi connectivity index (χ1v) is 10.5. The van der Waals surface area contributed by atoms with Gasteiger partial charge in [-0.15, -0.1) is 0 Å². The van der Waals surface area contributed by atoms with Gasteiger partial charge in [0.05, 0.1) is 0 Å². The quantitative estimate of drug-likeness (QED) is 0.373. The van der Waals surface area contributed by atoms with E-state index < -0.39 is 30.9 Å². The number of hydrogen-bond donors (Lipinski definition) is 0. The molecule has 2 heterocycles. The molecule has 4 aromatic rings. The smallest absolute Gasteiger partial charge is 0.355 e. The Morgan fingerprint density at radius 2 is 1.07 bits per heavy atom. The van der Waals surface area contributed by atoms with Gasteiger partial charge in [-0.05, 0) is 48.5 Å². The van der Waals surface area contributed by atoms with E-state index >= 15 is 0 Å². The fourth-order valence-corrected chi connectivity index (χ4v) is 4.72. The Morgan fingerprint density at radius 3 is 1.48 bits per heavy atom. The molecule has 0 amide bonds. The number of rotatable bonds is 2. The largest absolute Gasteiger partial charge is 0.422 e. The van der Waals surface area contributed by atoms with E-state index in [4.69, 9.17) is 8.83 Å². The van der Waals surface area contributed by atoms with Gasteiger partial charge in [-0.2, -0.15) is 0 Å². The van der Waals surface area contributed by atoms with Crippen molar-refractivity contribution in [2.45, 2.75) is 9.79 Å². The van der Waals surface area contributed by atoms with E-state index in [0.717, 1.165) is 0 Å². The number of benzene rings is 2. The van der Waals surface area contributed by atoms with Crippen molar-refractivity contribution in [1.29, 1.82) is 0 Å². The molecule has 6 nitrogen and oxygen atoms in total. The molecule has 0 radical (unpaired) electrons. The molecular weight excluding hydrogens is 504 g/mol. The number of sulfone groups is 1. The summed E-state index contributed by atoms with van der Waals surface area (Å²) in [6, 6.07) is 12.0. The first-order chi connectivity index (χ1) is 12.8. The van der Waals surface area contributed by atoms with Crippen molar-refractivity contribution in [3.8, 4) is 0 Å². The molecule has 0 bridgehead atoms. The van der Waals surface area contributed by atoms with E-state index in [-0.39, 0.29) is 11.2 Å². The minimum absolute atomic E-state index is 0.233. The van der Waals surface area contributed by atoms with Gasteiger partial charge < -0.3 is 8.83 Å². The first-order valence-electron chi connectivity index (χ1n) is 7.48. The van der Waals surface area contributed by atoms with Gasteiger partial charge in [0.15, 0.2) is 9.79 Å². The van der Waals surface area contributed by atoms with Crippen molar-refractivity contribution in [3.63, 3.8) is 0 Å². The molecule has 0 fully saturated rings. The van der Waals surface area contributed by atoms with Crippen molar-refractivity contribution >= 4 is 63.6 Å². The molecule has 0 saturated heterocycles. The van der Waals surface area contributed by atoms with E-state index in [1.807, 2.05) is 0 Å². The van der Waals surface area contributed by atoms with E-state index in [1.165, 1.54) is 12.1 Å². The maximum atomic E-state index is 13.0. The molecule has 2 aromatic heterocycles. The predicted molar refractivity (Wildman–Crippen MR) is 106 cm³/mol. The third kappa shape index (κ3) is 3.15. The summed E-state index contributed by atoms with van der Waals surface area (Å²) in [5.74, 6) is 0. The van der Waals surface area contributed by atoms with Gasteiger partial charge in [0.1, 0.15) is 11.2 Å². The van der Waals surface area contributed by atoms with Crippen LogP contribution in [0.5, 0.6) is 0 Å². The number of hydrogen-bond acceptors (Lipinski definition) is 6. The summed E-state index contributed by atoms with van der Waals surface area (Å²) in [6.45, 7) is 0. The molecule has 0 saturated carbocycles. The molecule has 0 N–H and O–H groups in total. The molecule has 0 aliphatic heterocycles. The van der Waals surface area contributed by atoms with E-state index in [1.54, 1.807) is 36.4 Å². The van der Waals surface area contributed by atoms with Gasteiger partial charge in [-0.25, -0.2) is 18.0 Å². The molecule has 4 rings (SSSR count). The second kappa shape index (κ2) is 6.43. The number of fused-ring (bicyclic) bond motifs is 2. The zero-order chi connectivity index (χ0) is 19.3. The zero-order valence-corrected chi connectivity index (χ0v) is 17.2. The Labute approximate surface area is 168 Å². The van der Waals surface area contributed by atoms with Gasteiger partial charge in [0.2, 0.25) is 9.84 Å². The molecule has 0 unspecified atom stereocenters. The lowest BCUT2D eigenvalue weighted by Gasteiger charge is -2.05. The van der Waals surface area contributed by atoms with Crippen LogP contribution >= 0.6 is 31.9 Å². The lowest BCUT2D eigenvalue weighted by Crippen LogP contribution is -2.20. The summed E-state index contributed by atoms with van der Waals surface area (Å²) < 4.78 is 37.6. The average Bonchev–Trinajstić information content (AvgIpc) is 2.61. The Balaban J connectivity index is 2.01. The van der Waals surface area contributed by atoms with Gasteiger partial charge in [-0.1, -0.05) is 31.9 Å². The van der Waals surface area contributed by atoms with Crippen LogP contribution in [0.2, 0.25) is 0 Å². The van der Waals surface area contributed by atoms with Crippen molar-refractivity contribution in [2.24, 2.45) is 0 Å². The molecule has 0 aliphatic carbocycles. The Bertz CT molecular complexity index is 1350. The van der Waals surface area contributed by atoms with Gasteiger partial charge >= 0.3 is 11.3 Å². The molecule has 27 heavy (non-hydrogen) atoms. The Morgan fingerprint density at radius 1 is 0.667 bits per heavy atom. The second-order valence-electron chi connectivity index (χ2n) is 5.66. The maximum Gasteiger partial charge on any atom is 0.355 e. The highest BCUT2D eigenvalue weighted by Gasteiger charge is 2.27. The van der Waals surface area contributed by atoms with Crippen molar-refractivity contribution in [3.05, 3.63) is 78.3 Å². The predicted octanol–water partition coefficient (Wildman–Crippen LogP) is 4.26. The fraction of sp³-hybridized carbons (Fsp3) is 0. The molecular formula is C18H8Br2O6S. The van der Waals surface area contributed by atoms with Crippen LogP contribution in [0, 0.1) is 0 Å². The summed E-state index contributed by atoms with van der Waals surface area (Å²) in [5, 5.41) is 0.797. The minimum atomic E-state index is -4.45. The highest BCUT2D eigenvalue weighted by Crippen LogP contribution is 2.25. The topological polar surface area (TPSA) is 94.6 Å². The van der Waals surface area contributed by atoms with Crippen LogP contribution in [0.4, 0.5) is 0 Å². The van der Waals surface area contributed by atoms with Crippen LogP contribution in [-0.2, 0) is 9.84 Å². The van der Waals surface area contributed by atoms with E-state index in [9.17, 15) is 18.0 Å².